The quantitative estimate of drug-likeness (QED) is 0.228. The van der Waals surface area contributed by atoms with Crippen molar-refractivity contribution in [1.29, 1.82) is 0 Å². The minimum Gasteiger partial charge on any atom is -0.496 e. The lowest BCUT2D eigenvalue weighted by Crippen LogP contribution is -2.42. The largest absolute Gasteiger partial charge is 0.496 e. The highest BCUT2D eigenvalue weighted by atomic mass is 16.5. The van der Waals surface area contributed by atoms with Gasteiger partial charge in [-0.25, -0.2) is 9.78 Å². The van der Waals surface area contributed by atoms with Crippen molar-refractivity contribution in [3.63, 3.8) is 0 Å². The molecule has 0 amide bonds. The van der Waals surface area contributed by atoms with Gasteiger partial charge in [0, 0.05) is 25.2 Å². The Balaban J connectivity index is 0.000000302. The van der Waals surface area contributed by atoms with Crippen LogP contribution in [0.2, 0.25) is 0 Å². The van der Waals surface area contributed by atoms with Gasteiger partial charge in [-0.3, -0.25) is 14.5 Å². The Morgan fingerprint density at radius 2 is 1.56 bits per heavy atom. The summed E-state index contributed by atoms with van der Waals surface area (Å²) in [5, 5.41) is 45.1. The van der Waals surface area contributed by atoms with Crippen molar-refractivity contribution in [2.75, 3.05) is 20.2 Å². The number of aliphatic carboxylic acids is 3. The molecular formula is C29H37N3O9. The Morgan fingerprint density at radius 1 is 0.976 bits per heavy atom. The highest BCUT2D eigenvalue weighted by Crippen LogP contribution is 2.38. The number of fused-ring (bicyclic) bond motifs is 1. The molecule has 0 radical (unpaired) electrons. The standard InChI is InChI=1S/C23H29N3O2.C6H8O7/c1-3-14-26-20-10-6-5-9-19(20)24-22(26)17-25-15-12-23(27,13-16-25)18-8-4-7-11-21(18)28-2;7-3(8)1-6(13,5(11)12)2-4(9)10/h4-11,27H,3,12-17H2,1-2H3;13H,1-2H2,(H,7,8)(H,9,10)(H,11,12). The molecule has 0 atom stereocenters. The van der Waals surface area contributed by atoms with Gasteiger partial charge in [-0.2, -0.15) is 0 Å². The van der Waals surface area contributed by atoms with E-state index >= 15 is 0 Å². The van der Waals surface area contributed by atoms with E-state index in [1.54, 1.807) is 7.11 Å². The van der Waals surface area contributed by atoms with Gasteiger partial charge in [-0.05, 0) is 37.5 Å². The number of para-hydroxylation sites is 3. The van der Waals surface area contributed by atoms with E-state index < -0.39 is 42.0 Å². The number of nitrogens with zero attached hydrogens (tertiary/aromatic N) is 3. The molecule has 0 saturated carbocycles. The summed E-state index contributed by atoms with van der Waals surface area (Å²) in [4.78, 5) is 37.8. The van der Waals surface area contributed by atoms with Crippen LogP contribution in [0.3, 0.4) is 0 Å². The van der Waals surface area contributed by atoms with Crippen LogP contribution in [-0.2, 0) is 33.1 Å². The fourth-order valence-electron chi connectivity index (χ4n) is 5.01. The van der Waals surface area contributed by atoms with Crippen LogP contribution in [0.5, 0.6) is 5.75 Å². The van der Waals surface area contributed by atoms with Crippen LogP contribution in [0.15, 0.2) is 48.5 Å². The molecule has 3 aromatic rings. The topological polar surface area (TPSA) is 183 Å². The summed E-state index contributed by atoms with van der Waals surface area (Å²) in [6.07, 6.45) is 0.187. The van der Waals surface area contributed by atoms with Crippen LogP contribution in [0.1, 0.15) is 50.4 Å². The fraction of sp³-hybridized carbons (Fsp3) is 0.448. The zero-order valence-corrected chi connectivity index (χ0v) is 23.2. The number of hydrogen-bond acceptors (Lipinski definition) is 8. The van der Waals surface area contributed by atoms with E-state index in [2.05, 4.69) is 34.6 Å². The van der Waals surface area contributed by atoms with Crippen molar-refractivity contribution in [3.8, 4) is 5.75 Å². The lowest BCUT2D eigenvalue weighted by molar-refractivity contribution is -0.170. The van der Waals surface area contributed by atoms with E-state index in [0.29, 0.717) is 12.8 Å². The van der Waals surface area contributed by atoms with Gasteiger partial charge in [0.25, 0.3) is 0 Å². The molecule has 12 heteroatoms. The van der Waals surface area contributed by atoms with Crippen LogP contribution >= 0.6 is 0 Å². The molecule has 1 aromatic heterocycles. The van der Waals surface area contributed by atoms with E-state index in [-0.39, 0.29) is 0 Å². The highest BCUT2D eigenvalue weighted by molar-refractivity contribution is 5.88. The maximum Gasteiger partial charge on any atom is 0.336 e. The number of likely N-dealkylation sites (tertiary alicyclic amines) is 1. The number of carboxylic acid groups (broad SMARTS) is 3. The molecule has 1 aliphatic heterocycles. The third-order valence-electron chi connectivity index (χ3n) is 7.12. The Hall–Kier alpha value is -4.00. The summed E-state index contributed by atoms with van der Waals surface area (Å²) in [7, 11) is 1.66. The van der Waals surface area contributed by atoms with Crippen molar-refractivity contribution in [2.24, 2.45) is 0 Å². The number of ether oxygens (including phenoxy) is 1. The first kappa shape index (κ1) is 31.5. The van der Waals surface area contributed by atoms with Gasteiger partial charge in [-0.15, -0.1) is 0 Å². The van der Waals surface area contributed by atoms with Crippen LogP contribution in [-0.4, -0.2) is 83.7 Å². The molecule has 5 N–H and O–H groups in total. The minimum atomic E-state index is -2.74. The smallest absolute Gasteiger partial charge is 0.336 e. The predicted octanol–water partition coefficient (Wildman–Crippen LogP) is 2.69. The van der Waals surface area contributed by atoms with E-state index in [4.69, 9.17) is 30.1 Å². The van der Waals surface area contributed by atoms with Crippen LogP contribution in [0, 0.1) is 0 Å². The highest BCUT2D eigenvalue weighted by Gasteiger charge is 2.41. The number of hydrogen-bond donors (Lipinski definition) is 5. The summed E-state index contributed by atoms with van der Waals surface area (Å²) >= 11 is 0. The monoisotopic (exact) mass is 571 g/mol. The van der Waals surface area contributed by atoms with Gasteiger partial charge in [0.2, 0.25) is 0 Å². The average molecular weight is 572 g/mol. The molecule has 2 heterocycles. The first-order chi connectivity index (χ1) is 19.4. The number of carbonyl (C=O) groups is 3. The number of piperidine rings is 1. The lowest BCUT2D eigenvalue weighted by Gasteiger charge is -2.39. The van der Waals surface area contributed by atoms with Crippen LogP contribution < -0.4 is 4.74 Å². The number of aliphatic hydroxyl groups is 2. The van der Waals surface area contributed by atoms with Crippen molar-refractivity contribution >= 4 is 28.9 Å². The number of imidazole rings is 1. The zero-order chi connectivity index (χ0) is 30.2. The molecule has 2 aromatic carbocycles. The molecule has 0 bridgehead atoms. The number of aryl methyl sites for hydroxylation is 1. The van der Waals surface area contributed by atoms with Crippen LogP contribution in [0.25, 0.3) is 11.0 Å². The summed E-state index contributed by atoms with van der Waals surface area (Å²) in [5.74, 6) is -3.14. The second kappa shape index (κ2) is 13.6. The lowest BCUT2D eigenvalue weighted by atomic mass is 9.84. The van der Waals surface area contributed by atoms with Gasteiger partial charge >= 0.3 is 17.9 Å². The molecule has 0 unspecified atom stereocenters. The first-order valence-electron chi connectivity index (χ1n) is 13.3. The normalized spacial score (nSPS) is 15.1. The van der Waals surface area contributed by atoms with E-state index in [0.717, 1.165) is 55.3 Å². The second-order valence-electron chi connectivity index (χ2n) is 10.2. The molecule has 41 heavy (non-hydrogen) atoms. The molecule has 1 saturated heterocycles. The molecule has 4 rings (SSSR count). The minimum absolute atomic E-state index is 0.696. The van der Waals surface area contributed by atoms with Crippen molar-refractivity contribution in [2.45, 2.75) is 63.3 Å². The third kappa shape index (κ3) is 7.81. The van der Waals surface area contributed by atoms with E-state index in [9.17, 15) is 19.5 Å². The Morgan fingerprint density at radius 3 is 2.12 bits per heavy atom. The molecule has 12 nitrogen and oxygen atoms in total. The Bertz CT molecular complexity index is 1350. The number of aromatic nitrogens is 2. The van der Waals surface area contributed by atoms with E-state index in [1.165, 1.54) is 5.52 Å². The Labute approximate surface area is 237 Å². The van der Waals surface area contributed by atoms with Crippen LogP contribution in [0.4, 0.5) is 0 Å². The molecule has 222 valence electrons. The Kier molecular flexibility index (Phi) is 10.4. The fourth-order valence-corrected chi connectivity index (χ4v) is 5.01. The second-order valence-corrected chi connectivity index (χ2v) is 10.2. The van der Waals surface area contributed by atoms with Crippen molar-refractivity contribution in [1.82, 2.24) is 14.5 Å². The van der Waals surface area contributed by atoms with Gasteiger partial charge in [-0.1, -0.05) is 37.3 Å². The van der Waals surface area contributed by atoms with Crippen molar-refractivity contribution in [3.05, 3.63) is 59.9 Å². The molecule has 1 fully saturated rings. The number of benzene rings is 2. The average Bonchev–Trinajstić information content (AvgIpc) is 3.26. The first-order valence-corrected chi connectivity index (χ1v) is 13.3. The van der Waals surface area contributed by atoms with Gasteiger partial charge < -0.3 is 34.8 Å². The maximum absolute atomic E-state index is 11.3. The van der Waals surface area contributed by atoms with Gasteiger partial charge in [0.05, 0.1) is 43.1 Å². The third-order valence-corrected chi connectivity index (χ3v) is 7.12. The summed E-state index contributed by atoms with van der Waals surface area (Å²) in [6.45, 7) is 5.67. The van der Waals surface area contributed by atoms with Crippen molar-refractivity contribution < 1.29 is 44.7 Å². The van der Waals surface area contributed by atoms with Gasteiger partial charge in [0.1, 0.15) is 11.6 Å². The molecule has 0 spiro atoms. The predicted molar refractivity (Wildman–Crippen MR) is 149 cm³/mol. The van der Waals surface area contributed by atoms with E-state index in [1.807, 2.05) is 30.3 Å². The molecule has 1 aliphatic rings. The molecular weight excluding hydrogens is 534 g/mol. The number of rotatable bonds is 11. The summed E-state index contributed by atoms with van der Waals surface area (Å²) in [6, 6.07) is 16.2. The number of carboxylic acids is 3. The summed E-state index contributed by atoms with van der Waals surface area (Å²) in [5.41, 5.74) is -0.393. The summed E-state index contributed by atoms with van der Waals surface area (Å²) < 4.78 is 7.82. The number of methoxy groups -OCH3 is 1. The molecule has 0 aliphatic carbocycles. The van der Waals surface area contributed by atoms with Gasteiger partial charge in [0.15, 0.2) is 5.60 Å². The zero-order valence-electron chi connectivity index (χ0n) is 23.2. The SMILES string of the molecule is CCCn1c(CN2CCC(O)(c3ccccc3OC)CC2)nc2ccccc21.O=C(O)CC(O)(CC(=O)O)C(=O)O. The maximum atomic E-state index is 11.3.